The van der Waals surface area contributed by atoms with Gasteiger partial charge in [0.2, 0.25) is 0 Å². The van der Waals surface area contributed by atoms with Crippen LogP contribution in [0.25, 0.3) is 10.8 Å². The highest BCUT2D eigenvalue weighted by Crippen LogP contribution is 2.36. The molecule has 0 aliphatic heterocycles. The molecule has 0 heterocycles. The van der Waals surface area contributed by atoms with E-state index in [-0.39, 0.29) is 0 Å². The van der Waals surface area contributed by atoms with Crippen molar-refractivity contribution in [2.75, 3.05) is 6.61 Å². The van der Waals surface area contributed by atoms with Crippen LogP contribution in [0.15, 0.2) is 36.4 Å². The molecule has 3 rings (SSSR count). The summed E-state index contributed by atoms with van der Waals surface area (Å²) in [6.45, 7) is 2.54. The van der Waals surface area contributed by atoms with Gasteiger partial charge in [-0.2, -0.15) is 0 Å². The number of fused-ring (bicyclic) bond motifs is 1. The van der Waals surface area contributed by atoms with Gasteiger partial charge in [-0.05, 0) is 24.6 Å². The molecule has 0 saturated heterocycles. The second-order valence-corrected chi connectivity index (χ2v) is 5.46. The quantitative estimate of drug-likeness (QED) is 0.873. The van der Waals surface area contributed by atoms with Gasteiger partial charge >= 0.3 is 0 Å². The number of benzene rings is 2. The number of rotatable bonds is 5. The Morgan fingerprint density at radius 3 is 2.74 bits per heavy atom. The Morgan fingerprint density at radius 1 is 1.21 bits per heavy atom. The summed E-state index contributed by atoms with van der Waals surface area (Å²) in [5, 5.41) is 12.2. The van der Waals surface area contributed by atoms with Gasteiger partial charge in [0.05, 0.1) is 12.7 Å². The lowest BCUT2D eigenvalue weighted by molar-refractivity contribution is 0.191. The standard InChI is InChI=1S/C17H20O2/c1-12(18)15-9-8-14-4-2-3-5-16(14)17(15)19-11-10-13-6-7-13/h2-5,8-9,12-13,18H,6-7,10-11H2,1H3/t12-/m0/s1. The van der Waals surface area contributed by atoms with Gasteiger partial charge in [-0.25, -0.2) is 0 Å². The molecule has 0 amide bonds. The summed E-state index contributed by atoms with van der Waals surface area (Å²) in [7, 11) is 0. The first kappa shape index (κ1) is 12.5. The normalized spacial score (nSPS) is 16.5. The monoisotopic (exact) mass is 256 g/mol. The van der Waals surface area contributed by atoms with Crippen molar-refractivity contribution in [1.82, 2.24) is 0 Å². The maximum Gasteiger partial charge on any atom is 0.132 e. The summed E-state index contributed by atoms with van der Waals surface area (Å²) in [6, 6.07) is 12.2. The first-order valence-corrected chi connectivity index (χ1v) is 7.08. The molecule has 0 radical (unpaired) electrons. The SMILES string of the molecule is C[C@H](O)c1ccc2ccccc2c1OCCC1CC1. The van der Waals surface area contributed by atoms with Crippen molar-refractivity contribution >= 4 is 10.8 Å². The van der Waals surface area contributed by atoms with Crippen LogP contribution >= 0.6 is 0 Å². The van der Waals surface area contributed by atoms with Gasteiger partial charge in [-0.3, -0.25) is 0 Å². The van der Waals surface area contributed by atoms with Gasteiger partial charge in [-0.1, -0.05) is 49.2 Å². The highest BCUT2D eigenvalue weighted by molar-refractivity contribution is 5.89. The van der Waals surface area contributed by atoms with Crippen molar-refractivity contribution in [2.45, 2.75) is 32.3 Å². The molecule has 1 fully saturated rings. The zero-order valence-electron chi connectivity index (χ0n) is 11.3. The number of aliphatic hydroxyl groups is 1. The Bertz CT molecular complexity index is 570. The van der Waals surface area contributed by atoms with Crippen LogP contribution in [0.5, 0.6) is 5.75 Å². The fraction of sp³-hybridized carbons (Fsp3) is 0.412. The molecule has 1 aliphatic carbocycles. The van der Waals surface area contributed by atoms with Crippen molar-refractivity contribution in [3.8, 4) is 5.75 Å². The van der Waals surface area contributed by atoms with Crippen LogP contribution in [0.1, 0.15) is 37.9 Å². The average Bonchev–Trinajstić information content (AvgIpc) is 3.22. The molecule has 2 aromatic carbocycles. The molecule has 0 unspecified atom stereocenters. The second kappa shape index (κ2) is 5.22. The number of aliphatic hydroxyl groups excluding tert-OH is 1. The Labute approximate surface area is 114 Å². The number of ether oxygens (including phenoxy) is 1. The summed E-state index contributed by atoms with van der Waals surface area (Å²) in [6.07, 6.45) is 3.33. The molecule has 2 heteroatoms. The fourth-order valence-corrected chi connectivity index (χ4v) is 2.48. The molecule has 0 bridgehead atoms. The minimum Gasteiger partial charge on any atom is -0.493 e. The molecule has 0 spiro atoms. The molecular formula is C17H20O2. The lowest BCUT2D eigenvalue weighted by atomic mass is 10.0. The fourth-order valence-electron chi connectivity index (χ4n) is 2.48. The highest BCUT2D eigenvalue weighted by Gasteiger charge is 2.21. The molecular weight excluding hydrogens is 236 g/mol. The van der Waals surface area contributed by atoms with Gasteiger partial charge < -0.3 is 9.84 Å². The molecule has 1 aliphatic rings. The summed E-state index contributed by atoms with van der Waals surface area (Å²) < 4.78 is 6.00. The van der Waals surface area contributed by atoms with Gasteiger partial charge in [-0.15, -0.1) is 0 Å². The lowest BCUT2D eigenvalue weighted by Crippen LogP contribution is -2.03. The first-order chi connectivity index (χ1) is 9.25. The third kappa shape index (κ3) is 2.74. The van der Waals surface area contributed by atoms with Crippen LogP contribution in [0.4, 0.5) is 0 Å². The van der Waals surface area contributed by atoms with Crippen LogP contribution in [0.3, 0.4) is 0 Å². The third-order valence-electron chi connectivity index (χ3n) is 3.83. The molecule has 1 saturated carbocycles. The van der Waals surface area contributed by atoms with E-state index in [1.165, 1.54) is 12.8 Å². The summed E-state index contributed by atoms with van der Waals surface area (Å²) >= 11 is 0. The average molecular weight is 256 g/mol. The largest absolute Gasteiger partial charge is 0.493 e. The zero-order valence-corrected chi connectivity index (χ0v) is 11.3. The molecule has 2 nitrogen and oxygen atoms in total. The van der Waals surface area contributed by atoms with Gasteiger partial charge in [0.1, 0.15) is 5.75 Å². The first-order valence-electron chi connectivity index (χ1n) is 7.08. The lowest BCUT2D eigenvalue weighted by Gasteiger charge is -2.16. The van der Waals surface area contributed by atoms with E-state index in [9.17, 15) is 5.11 Å². The Kier molecular flexibility index (Phi) is 3.43. The van der Waals surface area contributed by atoms with Crippen molar-refractivity contribution in [1.29, 1.82) is 0 Å². The molecule has 1 N–H and O–H groups in total. The van der Waals surface area contributed by atoms with Crippen LogP contribution in [0, 0.1) is 5.92 Å². The van der Waals surface area contributed by atoms with E-state index in [4.69, 9.17) is 4.74 Å². The van der Waals surface area contributed by atoms with Crippen LogP contribution in [-0.4, -0.2) is 11.7 Å². The second-order valence-electron chi connectivity index (χ2n) is 5.46. The van der Waals surface area contributed by atoms with E-state index in [0.29, 0.717) is 0 Å². The van der Waals surface area contributed by atoms with E-state index in [1.54, 1.807) is 6.92 Å². The Hall–Kier alpha value is -1.54. The number of hydrogen-bond acceptors (Lipinski definition) is 2. The molecule has 0 aromatic heterocycles. The minimum atomic E-state index is -0.500. The van der Waals surface area contributed by atoms with Crippen LogP contribution in [0.2, 0.25) is 0 Å². The minimum absolute atomic E-state index is 0.500. The maximum absolute atomic E-state index is 9.90. The van der Waals surface area contributed by atoms with E-state index in [0.717, 1.165) is 41.0 Å². The zero-order chi connectivity index (χ0) is 13.2. The smallest absolute Gasteiger partial charge is 0.132 e. The topological polar surface area (TPSA) is 29.5 Å². The van der Waals surface area contributed by atoms with E-state index >= 15 is 0 Å². The van der Waals surface area contributed by atoms with Gasteiger partial charge in [0.25, 0.3) is 0 Å². The van der Waals surface area contributed by atoms with Gasteiger partial charge in [0, 0.05) is 10.9 Å². The summed E-state index contributed by atoms with van der Waals surface area (Å²) in [5.41, 5.74) is 0.884. The van der Waals surface area contributed by atoms with E-state index < -0.39 is 6.10 Å². The van der Waals surface area contributed by atoms with Crippen molar-refractivity contribution in [3.05, 3.63) is 42.0 Å². The van der Waals surface area contributed by atoms with Crippen LogP contribution < -0.4 is 4.74 Å². The maximum atomic E-state index is 9.90. The van der Waals surface area contributed by atoms with Crippen molar-refractivity contribution in [2.24, 2.45) is 5.92 Å². The van der Waals surface area contributed by atoms with Crippen LogP contribution in [-0.2, 0) is 0 Å². The van der Waals surface area contributed by atoms with Gasteiger partial charge in [0.15, 0.2) is 0 Å². The Balaban J connectivity index is 1.93. The summed E-state index contributed by atoms with van der Waals surface area (Å²) in [4.78, 5) is 0. The molecule has 2 aromatic rings. The van der Waals surface area contributed by atoms with E-state index in [2.05, 4.69) is 12.1 Å². The molecule has 19 heavy (non-hydrogen) atoms. The molecule has 100 valence electrons. The molecule has 1 atom stereocenters. The predicted octanol–water partition coefficient (Wildman–Crippen LogP) is 4.07. The van der Waals surface area contributed by atoms with Crippen molar-refractivity contribution in [3.63, 3.8) is 0 Å². The van der Waals surface area contributed by atoms with Crippen molar-refractivity contribution < 1.29 is 9.84 Å². The number of hydrogen-bond donors (Lipinski definition) is 1. The Morgan fingerprint density at radius 2 is 2.00 bits per heavy atom. The third-order valence-corrected chi connectivity index (χ3v) is 3.83. The summed E-state index contributed by atoms with van der Waals surface area (Å²) in [5.74, 6) is 1.72. The van der Waals surface area contributed by atoms with E-state index in [1.807, 2.05) is 24.3 Å². The highest BCUT2D eigenvalue weighted by atomic mass is 16.5. The predicted molar refractivity (Wildman–Crippen MR) is 77.4 cm³/mol.